The molecule has 0 unspecified atom stereocenters. The van der Waals surface area contributed by atoms with Gasteiger partial charge >= 0.3 is 0 Å². The predicted molar refractivity (Wildman–Crippen MR) is 164 cm³/mol. The number of allylic oxidation sites excluding steroid dienone is 1. The van der Waals surface area contributed by atoms with Crippen LogP contribution in [0.1, 0.15) is 37.3 Å². The van der Waals surface area contributed by atoms with Gasteiger partial charge in [0.1, 0.15) is 11.5 Å². The number of nitrogen functional groups attached to an aromatic ring is 1. The van der Waals surface area contributed by atoms with Gasteiger partial charge in [-0.3, -0.25) is 9.40 Å². The van der Waals surface area contributed by atoms with Crippen molar-refractivity contribution in [1.82, 2.24) is 20.1 Å². The van der Waals surface area contributed by atoms with Crippen molar-refractivity contribution in [2.45, 2.75) is 50.6 Å². The summed E-state index contributed by atoms with van der Waals surface area (Å²) in [5.74, 6) is 0.205. The summed E-state index contributed by atoms with van der Waals surface area (Å²) in [6.45, 7) is 4.32. The summed E-state index contributed by atoms with van der Waals surface area (Å²) < 4.78 is 35.5. The van der Waals surface area contributed by atoms with Crippen LogP contribution in [-0.2, 0) is 27.1 Å². The molecule has 0 bridgehead atoms. The summed E-state index contributed by atoms with van der Waals surface area (Å²) in [6, 6.07) is 15.0. The molecule has 2 aromatic carbocycles. The van der Waals surface area contributed by atoms with E-state index >= 15 is 0 Å². The van der Waals surface area contributed by atoms with Gasteiger partial charge in [-0.05, 0) is 55.5 Å². The second-order valence-corrected chi connectivity index (χ2v) is 12.7. The molecule has 1 saturated heterocycles. The van der Waals surface area contributed by atoms with Crippen molar-refractivity contribution in [3.05, 3.63) is 77.0 Å². The Morgan fingerprint density at radius 1 is 1.12 bits per heavy atom. The highest BCUT2D eigenvalue weighted by atomic mass is 35.5. The maximum Gasteiger partial charge on any atom is 0.236 e. The van der Waals surface area contributed by atoms with Crippen molar-refractivity contribution < 1.29 is 13.2 Å². The minimum atomic E-state index is -3.66. The van der Waals surface area contributed by atoms with Crippen LogP contribution in [0.15, 0.2) is 60.8 Å². The van der Waals surface area contributed by atoms with Gasteiger partial charge < -0.3 is 15.8 Å². The molecule has 1 fully saturated rings. The lowest BCUT2D eigenvalue weighted by molar-refractivity contribution is -0.0103. The van der Waals surface area contributed by atoms with E-state index in [-0.39, 0.29) is 5.75 Å². The SMILES string of the molecule is CCn1nc(-c2ccc(NS(=O)(=O)Cc3ccccc3Cl)cc2)c2c(N)ncc(C3=CC[C@H](NC4COC4)CC3)c21. The molecule has 1 aliphatic carbocycles. The van der Waals surface area contributed by atoms with Crippen molar-refractivity contribution in [2.75, 3.05) is 23.7 Å². The number of benzene rings is 2. The summed E-state index contributed by atoms with van der Waals surface area (Å²) in [7, 11) is -3.66. The summed E-state index contributed by atoms with van der Waals surface area (Å²) in [5.41, 5.74) is 12.3. The molecule has 2 aliphatic rings. The molecule has 214 valence electrons. The molecule has 0 saturated carbocycles. The standard InChI is InChI=1S/C30H33ClN6O3S/c1-2-37-29-25(19-7-11-22(12-8-19)34-24-16-40-17-24)15-33-30(32)27(29)28(35-37)20-9-13-23(14-10-20)36-41(38,39)18-21-5-3-4-6-26(21)31/h3-7,9-10,13-15,22,24,34,36H,2,8,11-12,16-18H2,1H3,(H2,32,33)/t22-/m0/s1. The van der Waals surface area contributed by atoms with Gasteiger partial charge in [0.25, 0.3) is 0 Å². The molecule has 1 atom stereocenters. The van der Waals surface area contributed by atoms with Gasteiger partial charge in [0.15, 0.2) is 0 Å². The lowest BCUT2D eigenvalue weighted by atomic mass is 9.89. The van der Waals surface area contributed by atoms with Crippen molar-refractivity contribution in [3.63, 3.8) is 0 Å². The number of fused-ring (bicyclic) bond motifs is 1. The summed E-state index contributed by atoms with van der Waals surface area (Å²) in [6.07, 6.45) is 7.13. The highest BCUT2D eigenvalue weighted by Gasteiger charge is 2.26. The Morgan fingerprint density at radius 3 is 2.56 bits per heavy atom. The van der Waals surface area contributed by atoms with Crippen molar-refractivity contribution in [2.24, 2.45) is 0 Å². The van der Waals surface area contributed by atoms with Crippen LogP contribution < -0.4 is 15.8 Å². The Morgan fingerprint density at radius 2 is 1.90 bits per heavy atom. The molecule has 2 aromatic heterocycles. The molecule has 4 aromatic rings. The Hall–Kier alpha value is -3.44. The van der Waals surface area contributed by atoms with E-state index in [1.807, 2.05) is 23.0 Å². The van der Waals surface area contributed by atoms with Crippen molar-refractivity contribution in [1.29, 1.82) is 0 Å². The fourth-order valence-corrected chi connectivity index (χ4v) is 7.04. The van der Waals surface area contributed by atoms with E-state index in [9.17, 15) is 8.42 Å². The van der Waals surface area contributed by atoms with Gasteiger partial charge in [-0.1, -0.05) is 48.0 Å². The van der Waals surface area contributed by atoms with Crippen LogP contribution in [0.25, 0.3) is 27.7 Å². The number of nitrogens with zero attached hydrogens (tertiary/aromatic N) is 3. The molecule has 6 rings (SSSR count). The van der Waals surface area contributed by atoms with Gasteiger partial charge in [-0.25, -0.2) is 13.4 Å². The van der Waals surface area contributed by atoms with E-state index in [1.54, 1.807) is 36.4 Å². The summed E-state index contributed by atoms with van der Waals surface area (Å²) in [4.78, 5) is 4.57. The molecule has 0 spiro atoms. The zero-order chi connectivity index (χ0) is 28.6. The second kappa shape index (κ2) is 11.4. The number of pyridine rings is 1. The third-order valence-corrected chi connectivity index (χ3v) is 9.30. The van der Waals surface area contributed by atoms with E-state index in [1.165, 1.54) is 5.57 Å². The van der Waals surface area contributed by atoms with Crippen LogP contribution in [0.5, 0.6) is 0 Å². The van der Waals surface area contributed by atoms with Gasteiger partial charge in [0.05, 0.1) is 35.9 Å². The first kappa shape index (κ1) is 27.7. The van der Waals surface area contributed by atoms with Gasteiger partial charge in [0.2, 0.25) is 10.0 Å². The lowest BCUT2D eigenvalue weighted by Gasteiger charge is -2.33. The van der Waals surface area contributed by atoms with Crippen LogP contribution in [0, 0.1) is 0 Å². The van der Waals surface area contributed by atoms with E-state index < -0.39 is 10.0 Å². The smallest absolute Gasteiger partial charge is 0.236 e. The fraction of sp³-hybridized carbons (Fsp3) is 0.333. The third kappa shape index (κ3) is 5.83. The number of halogens is 1. The van der Waals surface area contributed by atoms with Crippen LogP contribution in [0.4, 0.5) is 11.5 Å². The maximum atomic E-state index is 12.8. The average molecular weight is 593 g/mol. The first-order chi connectivity index (χ1) is 19.8. The normalized spacial score (nSPS) is 17.8. The van der Waals surface area contributed by atoms with Gasteiger partial charge in [-0.2, -0.15) is 5.10 Å². The Labute approximate surface area is 244 Å². The average Bonchev–Trinajstić information content (AvgIpc) is 3.33. The topological polar surface area (TPSA) is 124 Å². The molecule has 0 amide bonds. The highest BCUT2D eigenvalue weighted by Crippen LogP contribution is 2.38. The molecule has 0 radical (unpaired) electrons. The third-order valence-electron chi connectivity index (χ3n) is 7.70. The zero-order valence-corrected chi connectivity index (χ0v) is 24.4. The van der Waals surface area contributed by atoms with Crippen molar-refractivity contribution >= 4 is 49.6 Å². The first-order valence-electron chi connectivity index (χ1n) is 13.8. The maximum absolute atomic E-state index is 12.8. The van der Waals surface area contributed by atoms with Crippen LogP contribution in [-0.4, -0.2) is 48.5 Å². The van der Waals surface area contributed by atoms with E-state index in [0.29, 0.717) is 40.7 Å². The number of hydrogen-bond acceptors (Lipinski definition) is 7. The Kier molecular flexibility index (Phi) is 7.74. The number of sulfonamides is 1. The minimum absolute atomic E-state index is 0.216. The molecular formula is C30H33ClN6O3S. The van der Waals surface area contributed by atoms with Crippen LogP contribution in [0.2, 0.25) is 5.02 Å². The molecule has 41 heavy (non-hydrogen) atoms. The van der Waals surface area contributed by atoms with E-state index in [2.05, 4.69) is 28.0 Å². The number of rotatable bonds is 9. The Bertz CT molecular complexity index is 1710. The largest absolute Gasteiger partial charge is 0.383 e. The molecule has 3 heterocycles. The Balaban J connectivity index is 1.27. The number of aromatic nitrogens is 3. The number of nitrogens with one attached hydrogen (secondary N) is 2. The van der Waals surface area contributed by atoms with Gasteiger partial charge in [0, 0.05) is 40.6 Å². The molecule has 4 N–H and O–H groups in total. The fourth-order valence-electron chi connectivity index (χ4n) is 5.53. The van der Waals surface area contributed by atoms with E-state index in [0.717, 1.165) is 60.2 Å². The predicted octanol–water partition coefficient (Wildman–Crippen LogP) is 5.22. The molecule has 1 aliphatic heterocycles. The van der Waals surface area contributed by atoms with E-state index in [4.69, 9.17) is 27.2 Å². The summed E-state index contributed by atoms with van der Waals surface area (Å²) >= 11 is 6.16. The minimum Gasteiger partial charge on any atom is -0.383 e. The van der Waals surface area contributed by atoms with Crippen LogP contribution in [0.3, 0.4) is 0 Å². The quantitative estimate of drug-likeness (QED) is 0.243. The molecule has 11 heteroatoms. The summed E-state index contributed by atoms with van der Waals surface area (Å²) in [5, 5.41) is 9.84. The number of ether oxygens (including phenoxy) is 1. The van der Waals surface area contributed by atoms with Crippen molar-refractivity contribution in [3.8, 4) is 11.3 Å². The lowest BCUT2D eigenvalue weighted by Crippen LogP contribution is -2.50. The molecular weight excluding hydrogens is 560 g/mol. The number of anilines is 2. The zero-order valence-electron chi connectivity index (χ0n) is 22.8. The second-order valence-electron chi connectivity index (χ2n) is 10.6. The van der Waals surface area contributed by atoms with Crippen LogP contribution >= 0.6 is 11.6 Å². The monoisotopic (exact) mass is 592 g/mol. The number of aryl methyl sites for hydroxylation is 1. The number of hydrogen-bond donors (Lipinski definition) is 3. The highest BCUT2D eigenvalue weighted by molar-refractivity contribution is 7.91. The first-order valence-corrected chi connectivity index (χ1v) is 15.9. The van der Waals surface area contributed by atoms with Gasteiger partial charge in [-0.15, -0.1) is 0 Å². The number of nitrogens with two attached hydrogens (primary N) is 1. The molecule has 9 nitrogen and oxygen atoms in total.